The smallest absolute Gasteiger partial charge is 0.417 e. The van der Waals surface area contributed by atoms with Gasteiger partial charge in [-0.15, -0.1) is 0 Å². The molecule has 1 saturated carbocycles. The number of piperidine rings is 1. The van der Waals surface area contributed by atoms with Crippen LogP contribution in [-0.2, 0) is 6.18 Å². The van der Waals surface area contributed by atoms with Crippen molar-refractivity contribution >= 4 is 5.91 Å². The fourth-order valence-electron chi connectivity index (χ4n) is 4.42. The number of carbonyl (C=O) groups excluding carboxylic acids is 1. The molecule has 1 aliphatic carbocycles. The lowest BCUT2D eigenvalue weighted by molar-refractivity contribution is -0.137. The topological polar surface area (TPSA) is 73.1 Å². The maximum atomic E-state index is 13.4. The Bertz CT molecular complexity index is 1090. The predicted molar refractivity (Wildman–Crippen MR) is 103 cm³/mol. The van der Waals surface area contributed by atoms with E-state index in [1.165, 1.54) is 10.9 Å². The summed E-state index contributed by atoms with van der Waals surface area (Å²) in [6.45, 7) is 0.616. The van der Waals surface area contributed by atoms with Crippen molar-refractivity contribution in [2.75, 3.05) is 6.54 Å². The Hall–Kier alpha value is -3.43. The number of hydrogen-bond donors (Lipinski definition) is 0. The van der Waals surface area contributed by atoms with Gasteiger partial charge in [-0.1, -0.05) is 12.1 Å². The molecule has 5 rings (SSSR count). The normalized spacial score (nSPS) is 22.7. The first-order valence-corrected chi connectivity index (χ1v) is 9.87. The number of rotatable bonds is 4. The summed E-state index contributed by atoms with van der Waals surface area (Å²) >= 11 is 0. The number of ether oxygens (including phenoxy) is 1. The molecule has 1 aromatic carbocycles. The molecule has 0 N–H and O–H groups in total. The summed E-state index contributed by atoms with van der Waals surface area (Å²) in [6.07, 6.45) is 0.608. The lowest BCUT2D eigenvalue weighted by atomic mass is 10.1. The van der Waals surface area contributed by atoms with Gasteiger partial charge in [0.25, 0.3) is 5.91 Å². The second-order valence-electron chi connectivity index (χ2n) is 7.74. The Kier molecular flexibility index (Phi) is 4.64. The maximum Gasteiger partial charge on any atom is 0.417 e. The van der Waals surface area contributed by atoms with Crippen molar-refractivity contribution in [1.82, 2.24) is 24.9 Å². The molecule has 0 spiro atoms. The molecule has 1 aliphatic heterocycles. The Labute approximate surface area is 175 Å². The number of carbonyl (C=O) groups is 1. The number of alkyl halides is 3. The fourth-order valence-corrected chi connectivity index (χ4v) is 4.42. The van der Waals surface area contributed by atoms with E-state index in [2.05, 4.69) is 15.2 Å². The van der Waals surface area contributed by atoms with Gasteiger partial charge in [-0.25, -0.2) is 4.98 Å². The largest absolute Gasteiger partial charge is 0.472 e. The van der Waals surface area contributed by atoms with Crippen molar-refractivity contribution in [2.45, 2.75) is 31.2 Å². The molecule has 3 aromatic rings. The zero-order valence-electron chi connectivity index (χ0n) is 16.2. The molecule has 3 heterocycles. The molecular weight excluding hydrogens is 411 g/mol. The highest BCUT2D eigenvalue weighted by Crippen LogP contribution is 2.41. The number of fused-ring (bicyclic) bond motifs is 2. The Balaban J connectivity index is 1.35. The predicted octanol–water partition coefficient (Wildman–Crippen LogP) is 3.36. The van der Waals surface area contributed by atoms with Crippen LogP contribution in [-0.4, -0.2) is 49.5 Å². The number of halogens is 3. The first-order valence-electron chi connectivity index (χ1n) is 9.87. The minimum absolute atomic E-state index is 0.124. The van der Waals surface area contributed by atoms with Crippen molar-refractivity contribution in [3.63, 3.8) is 0 Å². The fraction of sp³-hybridized carbons (Fsp3) is 0.333. The molecule has 1 amide bonds. The van der Waals surface area contributed by atoms with Crippen LogP contribution < -0.4 is 4.74 Å². The molecule has 31 heavy (non-hydrogen) atoms. The maximum absolute atomic E-state index is 13.4. The molecule has 2 unspecified atom stereocenters. The van der Waals surface area contributed by atoms with E-state index in [1.807, 2.05) is 6.07 Å². The molecule has 10 heteroatoms. The quantitative estimate of drug-likeness (QED) is 0.636. The van der Waals surface area contributed by atoms with Crippen LogP contribution in [0.25, 0.3) is 5.69 Å². The minimum atomic E-state index is -4.45. The summed E-state index contributed by atoms with van der Waals surface area (Å²) in [4.78, 5) is 20.4. The highest BCUT2D eigenvalue weighted by atomic mass is 19.4. The van der Waals surface area contributed by atoms with Crippen LogP contribution in [0.3, 0.4) is 0 Å². The summed E-state index contributed by atoms with van der Waals surface area (Å²) in [5.74, 6) is 0.261. The van der Waals surface area contributed by atoms with Crippen LogP contribution in [0.2, 0.25) is 0 Å². The molecule has 3 atom stereocenters. The summed E-state index contributed by atoms with van der Waals surface area (Å²) in [5, 5.41) is 8.24. The molecular formula is C21H18F3N5O2. The van der Waals surface area contributed by atoms with E-state index in [0.717, 1.165) is 25.1 Å². The number of aromatic nitrogens is 4. The van der Waals surface area contributed by atoms with Gasteiger partial charge in [0.1, 0.15) is 6.10 Å². The standard InChI is InChI=1S/C21H18F3N5O2/c22-21(23,24)14-5-6-19(25-11-14)31-18-10-13-9-17(18)28(12-13)20(30)15-3-1-2-4-16(15)29-26-7-8-27-29/h1-8,11,13,17-18H,9-10,12H2/t13?,17-,18?/m1/s1. The van der Waals surface area contributed by atoms with Crippen molar-refractivity contribution < 1.29 is 22.7 Å². The van der Waals surface area contributed by atoms with Crippen LogP contribution in [0, 0.1) is 5.92 Å². The van der Waals surface area contributed by atoms with Crippen molar-refractivity contribution in [1.29, 1.82) is 0 Å². The first-order chi connectivity index (χ1) is 14.9. The molecule has 2 aliphatic rings. The monoisotopic (exact) mass is 429 g/mol. The van der Waals surface area contributed by atoms with Gasteiger partial charge in [0.15, 0.2) is 0 Å². The number of para-hydroxylation sites is 1. The Morgan fingerprint density at radius 1 is 1.06 bits per heavy atom. The van der Waals surface area contributed by atoms with Crippen LogP contribution in [0.15, 0.2) is 55.0 Å². The van der Waals surface area contributed by atoms with Crippen molar-refractivity contribution in [2.24, 2.45) is 5.92 Å². The zero-order valence-corrected chi connectivity index (χ0v) is 16.2. The SMILES string of the molecule is O=C(c1ccccc1-n1nccn1)N1CC2CC(Oc3ccc(C(F)(F)F)cn3)[C@H]1C2. The van der Waals surface area contributed by atoms with Crippen LogP contribution in [0.4, 0.5) is 13.2 Å². The van der Waals surface area contributed by atoms with Gasteiger partial charge in [0.05, 0.1) is 35.2 Å². The molecule has 7 nitrogen and oxygen atoms in total. The second-order valence-corrected chi connectivity index (χ2v) is 7.74. The average molecular weight is 429 g/mol. The third kappa shape index (κ3) is 3.62. The summed E-state index contributed by atoms with van der Waals surface area (Å²) < 4.78 is 44.1. The Morgan fingerprint density at radius 3 is 2.52 bits per heavy atom. The van der Waals surface area contributed by atoms with E-state index in [1.54, 1.807) is 35.5 Å². The van der Waals surface area contributed by atoms with Gasteiger partial charge in [-0.05, 0) is 37.0 Å². The number of nitrogens with zero attached hydrogens (tertiary/aromatic N) is 5. The molecule has 2 bridgehead atoms. The first kappa shape index (κ1) is 19.5. The van der Waals surface area contributed by atoms with Gasteiger partial charge < -0.3 is 9.64 Å². The number of pyridine rings is 1. The summed E-state index contributed by atoms with van der Waals surface area (Å²) in [7, 11) is 0. The van der Waals surface area contributed by atoms with Crippen LogP contribution in [0.1, 0.15) is 28.8 Å². The van der Waals surface area contributed by atoms with Crippen molar-refractivity contribution in [3.8, 4) is 11.6 Å². The molecule has 2 fully saturated rings. The minimum Gasteiger partial charge on any atom is -0.472 e. The average Bonchev–Trinajstić information content (AvgIpc) is 3.50. The molecule has 160 valence electrons. The van der Waals surface area contributed by atoms with E-state index in [-0.39, 0.29) is 29.9 Å². The van der Waals surface area contributed by atoms with Gasteiger partial charge in [0, 0.05) is 18.8 Å². The van der Waals surface area contributed by atoms with Crippen LogP contribution >= 0.6 is 0 Å². The second kappa shape index (κ2) is 7.36. The summed E-state index contributed by atoms with van der Waals surface area (Å²) in [6, 6.07) is 9.12. The van der Waals surface area contributed by atoms with Gasteiger partial charge in [0.2, 0.25) is 5.88 Å². The van der Waals surface area contributed by atoms with E-state index >= 15 is 0 Å². The van der Waals surface area contributed by atoms with Gasteiger partial charge >= 0.3 is 6.18 Å². The third-order valence-electron chi connectivity index (χ3n) is 5.79. The van der Waals surface area contributed by atoms with Crippen LogP contribution in [0.5, 0.6) is 5.88 Å². The highest BCUT2D eigenvalue weighted by Gasteiger charge is 2.48. The number of likely N-dealkylation sites (tertiary alicyclic amines) is 1. The van der Waals surface area contributed by atoms with E-state index in [9.17, 15) is 18.0 Å². The van der Waals surface area contributed by atoms with E-state index in [0.29, 0.717) is 17.8 Å². The van der Waals surface area contributed by atoms with Gasteiger partial charge in [-0.3, -0.25) is 4.79 Å². The lowest BCUT2D eigenvalue weighted by Crippen LogP contribution is -2.47. The molecule has 2 aromatic heterocycles. The molecule has 1 saturated heterocycles. The number of benzene rings is 1. The van der Waals surface area contributed by atoms with E-state index in [4.69, 9.17) is 4.74 Å². The lowest BCUT2D eigenvalue weighted by Gasteiger charge is -2.33. The molecule has 0 radical (unpaired) electrons. The van der Waals surface area contributed by atoms with Gasteiger partial charge in [-0.2, -0.15) is 28.2 Å². The third-order valence-corrected chi connectivity index (χ3v) is 5.79. The summed E-state index contributed by atoms with van der Waals surface area (Å²) in [5.41, 5.74) is 0.244. The Morgan fingerprint density at radius 2 is 1.84 bits per heavy atom. The number of hydrogen-bond acceptors (Lipinski definition) is 5. The van der Waals surface area contributed by atoms with Crippen molar-refractivity contribution in [3.05, 3.63) is 66.1 Å². The zero-order chi connectivity index (χ0) is 21.6. The number of amides is 1. The van der Waals surface area contributed by atoms with E-state index < -0.39 is 11.7 Å². The highest BCUT2D eigenvalue weighted by molar-refractivity contribution is 5.98.